The number of benzene rings is 1. The van der Waals surface area contributed by atoms with Gasteiger partial charge in [-0.2, -0.15) is 0 Å². The third-order valence-corrected chi connectivity index (χ3v) is 3.65. The van der Waals surface area contributed by atoms with E-state index in [-0.39, 0.29) is 11.6 Å². The fraction of sp³-hybridized carbons (Fsp3) is 0.533. The van der Waals surface area contributed by atoms with E-state index in [2.05, 4.69) is 5.32 Å². The monoisotopic (exact) mass is 291 g/mol. The predicted molar refractivity (Wildman–Crippen MR) is 81.6 cm³/mol. The molecule has 1 heterocycles. The van der Waals surface area contributed by atoms with Gasteiger partial charge in [-0.05, 0) is 37.8 Å². The average molecular weight is 291 g/mol. The quantitative estimate of drug-likeness (QED) is 0.668. The second-order valence-corrected chi connectivity index (χ2v) is 5.27. The van der Waals surface area contributed by atoms with Crippen LogP contribution in [0.1, 0.15) is 43.0 Å². The van der Waals surface area contributed by atoms with E-state index in [0.717, 1.165) is 38.8 Å². The van der Waals surface area contributed by atoms with E-state index < -0.39 is 4.92 Å². The normalized spacial score (nSPS) is 14.8. The number of carbonyl (C=O) groups is 1. The van der Waals surface area contributed by atoms with Gasteiger partial charge < -0.3 is 10.2 Å². The van der Waals surface area contributed by atoms with Crippen LogP contribution in [0, 0.1) is 10.1 Å². The highest BCUT2D eigenvalue weighted by Crippen LogP contribution is 2.26. The van der Waals surface area contributed by atoms with Crippen molar-refractivity contribution in [3.63, 3.8) is 0 Å². The van der Waals surface area contributed by atoms with Crippen molar-refractivity contribution in [3.8, 4) is 0 Å². The maximum atomic E-state index is 12.4. The van der Waals surface area contributed by atoms with E-state index in [1.807, 2.05) is 11.8 Å². The highest BCUT2D eigenvalue weighted by atomic mass is 16.6. The van der Waals surface area contributed by atoms with Gasteiger partial charge >= 0.3 is 0 Å². The van der Waals surface area contributed by atoms with Crippen LogP contribution >= 0.6 is 0 Å². The summed E-state index contributed by atoms with van der Waals surface area (Å²) in [5.74, 6) is -0.0378. The lowest BCUT2D eigenvalue weighted by molar-refractivity contribution is -0.384. The molecule has 1 fully saturated rings. The summed E-state index contributed by atoms with van der Waals surface area (Å²) in [5, 5.41) is 14.1. The molecule has 21 heavy (non-hydrogen) atoms. The highest BCUT2D eigenvalue weighted by molar-refractivity contribution is 5.96. The highest BCUT2D eigenvalue weighted by Gasteiger charge is 2.21. The number of anilines is 1. The first-order valence-electron chi connectivity index (χ1n) is 7.45. The maximum Gasteiger partial charge on any atom is 0.292 e. The van der Waals surface area contributed by atoms with E-state index in [1.165, 1.54) is 6.07 Å². The van der Waals surface area contributed by atoms with E-state index in [4.69, 9.17) is 0 Å². The predicted octanol–water partition coefficient (Wildman–Crippen LogP) is 3.04. The summed E-state index contributed by atoms with van der Waals surface area (Å²) in [6, 6.07) is 4.56. The molecule has 0 spiro atoms. The van der Waals surface area contributed by atoms with Crippen molar-refractivity contribution in [1.82, 2.24) is 4.90 Å². The number of amides is 1. The molecule has 2 rings (SSSR count). The molecule has 0 unspecified atom stereocenters. The fourth-order valence-corrected chi connectivity index (χ4v) is 2.51. The summed E-state index contributed by atoms with van der Waals surface area (Å²) < 4.78 is 0. The van der Waals surface area contributed by atoms with Gasteiger partial charge in [0.1, 0.15) is 5.69 Å². The number of nitrogens with zero attached hydrogens (tertiary/aromatic N) is 2. The van der Waals surface area contributed by atoms with Crippen LogP contribution in [-0.2, 0) is 0 Å². The first-order chi connectivity index (χ1) is 10.1. The Hall–Kier alpha value is -2.11. The summed E-state index contributed by atoms with van der Waals surface area (Å²) in [5.41, 5.74) is 0.949. The Morgan fingerprint density at radius 1 is 1.33 bits per heavy atom. The number of hydrogen-bond acceptors (Lipinski definition) is 4. The zero-order valence-electron chi connectivity index (χ0n) is 12.3. The molecule has 0 aliphatic carbocycles. The van der Waals surface area contributed by atoms with Crippen molar-refractivity contribution in [2.75, 3.05) is 25.0 Å². The molecule has 1 aliphatic rings. The number of nitro groups is 1. The third kappa shape index (κ3) is 3.71. The lowest BCUT2D eigenvalue weighted by Crippen LogP contribution is -2.35. The Kier molecular flexibility index (Phi) is 5.14. The van der Waals surface area contributed by atoms with Crippen LogP contribution in [0.2, 0.25) is 0 Å². The second-order valence-electron chi connectivity index (χ2n) is 5.27. The van der Waals surface area contributed by atoms with Crippen molar-refractivity contribution >= 4 is 17.3 Å². The molecule has 114 valence electrons. The first-order valence-corrected chi connectivity index (χ1v) is 7.45. The Balaban J connectivity index is 2.23. The fourth-order valence-electron chi connectivity index (χ4n) is 2.51. The van der Waals surface area contributed by atoms with Crippen molar-refractivity contribution in [2.24, 2.45) is 0 Å². The van der Waals surface area contributed by atoms with Gasteiger partial charge in [-0.25, -0.2) is 0 Å². The van der Waals surface area contributed by atoms with Crippen LogP contribution in [-0.4, -0.2) is 35.4 Å². The minimum atomic E-state index is -0.423. The van der Waals surface area contributed by atoms with Crippen LogP contribution in [0.25, 0.3) is 0 Å². The van der Waals surface area contributed by atoms with E-state index >= 15 is 0 Å². The van der Waals surface area contributed by atoms with Crippen molar-refractivity contribution in [3.05, 3.63) is 33.9 Å². The Morgan fingerprint density at radius 3 is 2.67 bits per heavy atom. The number of carbonyl (C=O) groups excluding carboxylic acids is 1. The zero-order valence-corrected chi connectivity index (χ0v) is 12.3. The Morgan fingerprint density at radius 2 is 2.05 bits per heavy atom. The zero-order chi connectivity index (χ0) is 15.2. The van der Waals surface area contributed by atoms with E-state index in [1.54, 1.807) is 12.1 Å². The van der Waals surface area contributed by atoms with Crippen LogP contribution in [0.15, 0.2) is 18.2 Å². The second kappa shape index (κ2) is 7.06. The SMILES string of the molecule is CCCNc1cc(C(=O)N2CCCCC2)ccc1[N+](=O)[O-]. The number of hydrogen-bond donors (Lipinski definition) is 1. The van der Waals surface area contributed by atoms with E-state index in [9.17, 15) is 14.9 Å². The summed E-state index contributed by atoms with van der Waals surface area (Å²) in [6.45, 7) is 4.17. The molecule has 1 aromatic rings. The first kappa shape index (κ1) is 15.3. The molecular weight excluding hydrogens is 270 g/mol. The Labute approximate surface area is 124 Å². The number of likely N-dealkylation sites (tertiary alicyclic amines) is 1. The number of rotatable bonds is 5. The average Bonchev–Trinajstić information content (AvgIpc) is 2.52. The summed E-state index contributed by atoms with van der Waals surface area (Å²) in [4.78, 5) is 24.9. The van der Waals surface area contributed by atoms with Gasteiger partial charge in [-0.15, -0.1) is 0 Å². The lowest BCUT2D eigenvalue weighted by atomic mass is 10.1. The van der Waals surface area contributed by atoms with Gasteiger partial charge in [0.15, 0.2) is 0 Å². The standard InChI is InChI=1S/C15H21N3O3/c1-2-8-16-13-11-12(6-7-14(13)18(20)21)15(19)17-9-4-3-5-10-17/h6-7,11,16H,2-5,8-10H2,1H3. The molecule has 0 bridgehead atoms. The van der Waals surface area contributed by atoms with Gasteiger partial charge in [-0.3, -0.25) is 14.9 Å². The van der Waals surface area contributed by atoms with E-state index in [0.29, 0.717) is 17.8 Å². The van der Waals surface area contributed by atoms with Crippen LogP contribution in [0.4, 0.5) is 11.4 Å². The third-order valence-electron chi connectivity index (χ3n) is 3.65. The molecule has 1 aromatic carbocycles. The van der Waals surface area contributed by atoms with Crippen LogP contribution in [0.3, 0.4) is 0 Å². The molecule has 0 atom stereocenters. The van der Waals surface area contributed by atoms with Crippen molar-refractivity contribution < 1.29 is 9.72 Å². The summed E-state index contributed by atoms with van der Waals surface area (Å²) in [6.07, 6.45) is 4.08. The number of nitrogens with one attached hydrogen (secondary N) is 1. The Bertz CT molecular complexity index is 525. The number of nitro benzene ring substituents is 1. The van der Waals surface area contributed by atoms with Gasteiger partial charge in [-0.1, -0.05) is 6.92 Å². The molecule has 1 aliphatic heterocycles. The topological polar surface area (TPSA) is 75.5 Å². The van der Waals surface area contributed by atoms with Crippen LogP contribution < -0.4 is 5.32 Å². The smallest absolute Gasteiger partial charge is 0.292 e. The molecule has 1 N–H and O–H groups in total. The van der Waals surface area contributed by atoms with Gasteiger partial charge in [0.2, 0.25) is 0 Å². The molecule has 0 radical (unpaired) electrons. The summed E-state index contributed by atoms with van der Waals surface area (Å²) in [7, 11) is 0. The molecule has 6 heteroatoms. The van der Waals surface area contributed by atoms with Gasteiger partial charge in [0, 0.05) is 31.3 Å². The lowest BCUT2D eigenvalue weighted by Gasteiger charge is -2.26. The molecular formula is C15H21N3O3. The largest absolute Gasteiger partial charge is 0.379 e. The molecule has 0 aromatic heterocycles. The van der Waals surface area contributed by atoms with Gasteiger partial charge in [0.25, 0.3) is 11.6 Å². The van der Waals surface area contributed by atoms with Crippen LogP contribution in [0.5, 0.6) is 0 Å². The molecule has 0 saturated carbocycles. The maximum absolute atomic E-state index is 12.4. The van der Waals surface area contributed by atoms with Crippen molar-refractivity contribution in [2.45, 2.75) is 32.6 Å². The summed E-state index contributed by atoms with van der Waals surface area (Å²) >= 11 is 0. The number of piperidine rings is 1. The van der Waals surface area contributed by atoms with Crippen molar-refractivity contribution in [1.29, 1.82) is 0 Å². The molecule has 1 saturated heterocycles. The minimum Gasteiger partial charge on any atom is -0.379 e. The molecule has 1 amide bonds. The minimum absolute atomic E-state index is 0.0126. The molecule has 6 nitrogen and oxygen atoms in total. The van der Waals surface area contributed by atoms with Gasteiger partial charge in [0.05, 0.1) is 4.92 Å².